The number of nitrogens with one attached hydrogen (secondary N) is 1. The van der Waals surface area contributed by atoms with Crippen molar-refractivity contribution < 1.29 is 9.72 Å². The fraction of sp³-hybridized carbons (Fsp3) is 0.533. The predicted molar refractivity (Wildman–Crippen MR) is 76.7 cm³/mol. The molecule has 5 nitrogen and oxygen atoms in total. The Morgan fingerprint density at radius 3 is 2.35 bits per heavy atom. The quantitative estimate of drug-likeness (QED) is 0.679. The monoisotopic (exact) mass is 276 g/mol. The number of nitro benzene ring substituents is 1. The zero-order valence-electron chi connectivity index (χ0n) is 11.5. The van der Waals surface area contributed by atoms with Gasteiger partial charge in [-0.15, -0.1) is 0 Å². The van der Waals surface area contributed by atoms with Gasteiger partial charge in [0.2, 0.25) is 0 Å². The third kappa shape index (κ3) is 3.79. The van der Waals surface area contributed by atoms with Gasteiger partial charge in [0.1, 0.15) is 5.56 Å². The molecule has 1 aromatic carbocycles. The van der Waals surface area contributed by atoms with Gasteiger partial charge in [-0.05, 0) is 18.9 Å². The van der Waals surface area contributed by atoms with Crippen molar-refractivity contribution in [2.75, 3.05) is 0 Å². The molecule has 108 valence electrons. The largest absolute Gasteiger partial charge is 0.349 e. The summed E-state index contributed by atoms with van der Waals surface area (Å²) in [5.41, 5.74) is 0.0235. The Balaban J connectivity index is 2.05. The Morgan fingerprint density at radius 2 is 1.70 bits per heavy atom. The molecule has 2 rings (SSSR count). The van der Waals surface area contributed by atoms with Gasteiger partial charge in [0.05, 0.1) is 4.92 Å². The lowest BCUT2D eigenvalue weighted by molar-refractivity contribution is -0.385. The number of para-hydroxylation sites is 1. The molecule has 0 radical (unpaired) electrons. The highest BCUT2D eigenvalue weighted by Crippen LogP contribution is 2.20. The van der Waals surface area contributed by atoms with Gasteiger partial charge < -0.3 is 5.32 Å². The smallest absolute Gasteiger partial charge is 0.282 e. The highest BCUT2D eigenvalue weighted by molar-refractivity contribution is 5.98. The molecule has 0 atom stereocenters. The molecule has 0 aliphatic heterocycles. The van der Waals surface area contributed by atoms with Crippen LogP contribution in [0, 0.1) is 10.1 Å². The Morgan fingerprint density at radius 1 is 1.10 bits per heavy atom. The van der Waals surface area contributed by atoms with Crippen molar-refractivity contribution in [2.24, 2.45) is 0 Å². The molecule has 1 aliphatic carbocycles. The van der Waals surface area contributed by atoms with Crippen LogP contribution in [0.25, 0.3) is 0 Å². The fourth-order valence-electron chi connectivity index (χ4n) is 2.69. The van der Waals surface area contributed by atoms with Crippen molar-refractivity contribution in [2.45, 2.75) is 51.0 Å². The summed E-state index contributed by atoms with van der Waals surface area (Å²) in [5.74, 6) is -0.331. The van der Waals surface area contributed by atoms with Crippen LogP contribution >= 0.6 is 0 Å². The molecule has 0 heterocycles. The molecule has 1 aliphatic rings. The van der Waals surface area contributed by atoms with E-state index in [1.54, 1.807) is 12.1 Å². The van der Waals surface area contributed by atoms with Crippen LogP contribution in [0.3, 0.4) is 0 Å². The van der Waals surface area contributed by atoms with E-state index < -0.39 is 4.92 Å². The molecule has 5 heteroatoms. The number of nitro groups is 1. The number of benzene rings is 1. The minimum Gasteiger partial charge on any atom is -0.349 e. The van der Waals surface area contributed by atoms with Gasteiger partial charge in [-0.3, -0.25) is 14.9 Å². The maximum atomic E-state index is 12.2. The molecule has 0 aromatic heterocycles. The Labute approximate surface area is 118 Å². The van der Waals surface area contributed by atoms with Gasteiger partial charge in [0.25, 0.3) is 11.6 Å². The first kappa shape index (κ1) is 14.5. The zero-order chi connectivity index (χ0) is 14.4. The van der Waals surface area contributed by atoms with Crippen molar-refractivity contribution in [3.63, 3.8) is 0 Å². The maximum Gasteiger partial charge on any atom is 0.282 e. The molecule has 1 N–H and O–H groups in total. The second-order valence-electron chi connectivity index (χ2n) is 5.29. The Hall–Kier alpha value is -1.91. The first-order chi connectivity index (χ1) is 9.68. The molecule has 1 fully saturated rings. The van der Waals surface area contributed by atoms with Crippen molar-refractivity contribution in [1.29, 1.82) is 0 Å². The SMILES string of the molecule is O=C(NC1CCCCCCC1)c1ccccc1[N+](=O)[O-]. The standard InChI is InChI=1S/C15H20N2O3/c18-15(13-10-6-7-11-14(13)17(19)20)16-12-8-4-2-1-3-5-9-12/h6-7,10-12H,1-5,8-9H2,(H,16,18). The average Bonchev–Trinajstić information content (AvgIpc) is 2.41. The van der Waals surface area contributed by atoms with Gasteiger partial charge in [-0.2, -0.15) is 0 Å². The van der Waals surface area contributed by atoms with E-state index in [0.717, 1.165) is 25.7 Å². The van der Waals surface area contributed by atoms with Crippen LogP contribution in [0.2, 0.25) is 0 Å². The van der Waals surface area contributed by atoms with E-state index in [9.17, 15) is 14.9 Å². The van der Waals surface area contributed by atoms with Gasteiger partial charge in [-0.1, -0.05) is 44.2 Å². The molecule has 1 amide bonds. The van der Waals surface area contributed by atoms with Crippen LogP contribution in [0.5, 0.6) is 0 Å². The molecule has 0 unspecified atom stereocenters. The molecule has 1 aromatic rings. The van der Waals surface area contributed by atoms with Gasteiger partial charge >= 0.3 is 0 Å². The summed E-state index contributed by atoms with van der Waals surface area (Å²) in [6, 6.07) is 6.25. The summed E-state index contributed by atoms with van der Waals surface area (Å²) in [6.45, 7) is 0. The topological polar surface area (TPSA) is 72.2 Å². The predicted octanol–water partition coefficient (Wildman–Crippen LogP) is 3.44. The van der Waals surface area contributed by atoms with E-state index in [1.165, 1.54) is 31.4 Å². The second-order valence-corrected chi connectivity index (χ2v) is 5.29. The molecular formula is C15H20N2O3. The van der Waals surface area contributed by atoms with Crippen molar-refractivity contribution in [1.82, 2.24) is 5.32 Å². The number of hydrogen-bond acceptors (Lipinski definition) is 3. The lowest BCUT2D eigenvalue weighted by atomic mass is 9.96. The first-order valence-corrected chi connectivity index (χ1v) is 7.23. The normalized spacial score (nSPS) is 17.0. The van der Waals surface area contributed by atoms with E-state index in [-0.39, 0.29) is 23.2 Å². The van der Waals surface area contributed by atoms with E-state index in [4.69, 9.17) is 0 Å². The van der Waals surface area contributed by atoms with Crippen LogP contribution < -0.4 is 5.32 Å². The molecule has 0 bridgehead atoms. The summed E-state index contributed by atoms with van der Waals surface area (Å²) in [7, 11) is 0. The first-order valence-electron chi connectivity index (χ1n) is 7.23. The lowest BCUT2D eigenvalue weighted by Crippen LogP contribution is -2.35. The Bertz CT molecular complexity index is 480. The number of amides is 1. The number of carbonyl (C=O) groups is 1. The van der Waals surface area contributed by atoms with Gasteiger partial charge in [-0.25, -0.2) is 0 Å². The van der Waals surface area contributed by atoms with E-state index in [0.29, 0.717) is 0 Å². The number of hydrogen-bond donors (Lipinski definition) is 1. The summed E-state index contributed by atoms with van der Waals surface area (Å²) < 4.78 is 0. The molecule has 0 spiro atoms. The van der Waals surface area contributed by atoms with Crippen LogP contribution in [0.15, 0.2) is 24.3 Å². The van der Waals surface area contributed by atoms with Crippen LogP contribution in [0.1, 0.15) is 55.3 Å². The molecule has 20 heavy (non-hydrogen) atoms. The summed E-state index contributed by atoms with van der Waals surface area (Å²) in [5, 5.41) is 13.9. The summed E-state index contributed by atoms with van der Waals surface area (Å²) in [6.07, 6.45) is 7.84. The van der Waals surface area contributed by atoms with Crippen molar-refractivity contribution >= 4 is 11.6 Å². The molecule has 1 saturated carbocycles. The third-order valence-electron chi connectivity index (χ3n) is 3.79. The van der Waals surface area contributed by atoms with Crippen LogP contribution in [-0.4, -0.2) is 16.9 Å². The summed E-state index contributed by atoms with van der Waals surface area (Å²) in [4.78, 5) is 22.7. The fourth-order valence-corrected chi connectivity index (χ4v) is 2.69. The van der Waals surface area contributed by atoms with Crippen LogP contribution in [-0.2, 0) is 0 Å². The minimum atomic E-state index is -0.507. The van der Waals surface area contributed by atoms with Crippen LogP contribution in [0.4, 0.5) is 5.69 Å². The van der Waals surface area contributed by atoms with Crippen molar-refractivity contribution in [3.05, 3.63) is 39.9 Å². The molecule has 0 saturated heterocycles. The molecular weight excluding hydrogens is 256 g/mol. The van der Waals surface area contributed by atoms with E-state index in [1.807, 2.05) is 0 Å². The zero-order valence-corrected chi connectivity index (χ0v) is 11.5. The maximum absolute atomic E-state index is 12.2. The van der Waals surface area contributed by atoms with Gasteiger partial charge in [0.15, 0.2) is 0 Å². The minimum absolute atomic E-state index is 0.129. The highest BCUT2D eigenvalue weighted by atomic mass is 16.6. The average molecular weight is 276 g/mol. The van der Waals surface area contributed by atoms with Gasteiger partial charge in [0, 0.05) is 12.1 Å². The number of nitrogens with zero attached hydrogens (tertiary/aromatic N) is 1. The Kier molecular flexibility index (Phi) is 5.09. The highest BCUT2D eigenvalue weighted by Gasteiger charge is 2.21. The number of carbonyl (C=O) groups excluding carboxylic acids is 1. The van der Waals surface area contributed by atoms with Crippen molar-refractivity contribution in [3.8, 4) is 0 Å². The second kappa shape index (κ2) is 7.03. The summed E-state index contributed by atoms with van der Waals surface area (Å²) >= 11 is 0. The van der Waals surface area contributed by atoms with E-state index >= 15 is 0 Å². The third-order valence-corrected chi connectivity index (χ3v) is 3.79. The number of rotatable bonds is 3. The lowest BCUT2D eigenvalue weighted by Gasteiger charge is -2.21. The van der Waals surface area contributed by atoms with E-state index in [2.05, 4.69) is 5.32 Å².